The average Bonchev–Trinajstić information content (AvgIpc) is 3.43. The number of aliphatic carboxylic acids is 1. The van der Waals surface area contributed by atoms with Crippen molar-refractivity contribution in [2.24, 2.45) is 11.8 Å². The fourth-order valence-electron chi connectivity index (χ4n) is 5.37. The van der Waals surface area contributed by atoms with Crippen molar-refractivity contribution in [3.05, 3.63) is 45.9 Å². The van der Waals surface area contributed by atoms with Gasteiger partial charge in [0, 0.05) is 30.2 Å². The Morgan fingerprint density at radius 1 is 1.26 bits per heavy atom. The Morgan fingerprint density at radius 3 is 2.43 bits per heavy atom. The van der Waals surface area contributed by atoms with Crippen molar-refractivity contribution in [3.8, 4) is 5.75 Å². The Bertz CT molecular complexity index is 1050. The van der Waals surface area contributed by atoms with Crippen LogP contribution in [0.25, 0.3) is 0 Å². The molecule has 3 rings (SSSR count). The molecule has 1 aromatic carbocycles. The summed E-state index contributed by atoms with van der Waals surface area (Å²) in [4.78, 5) is 33.4. The second-order valence-electron chi connectivity index (χ2n) is 10.9. The van der Waals surface area contributed by atoms with Gasteiger partial charge in [-0.2, -0.15) is 0 Å². The number of hydrogen-bond donors (Lipinski definition) is 1. The highest BCUT2D eigenvalue weighted by Crippen LogP contribution is 2.52. The van der Waals surface area contributed by atoms with Crippen molar-refractivity contribution >= 4 is 23.2 Å². The lowest BCUT2D eigenvalue weighted by Crippen LogP contribution is -2.54. The van der Waals surface area contributed by atoms with Crippen LogP contribution in [0.5, 0.6) is 5.75 Å². The molecule has 0 saturated carbocycles. The molecule has 4 atom stereocenters. The minimum atomic E-state index is -1.38. The van der Waals surface area contributed by atoms with Crippen LogP contribution in [0.2, 0.25) is 0 Å². The van der Waals surface area contributed by atoms with E-state index in [1.54, 1.807) is 37.4 Å². The van der Waals surface area contributed by atoms with Crippen LogP contribution in [0.1, 0.15) is 81.4 Å². The summed E-state index contributed by atoms with van der Waals surface area (Å²) in [6.45, 7) is 12.2. The SMILES string of the molecule is COc1cc(C(=O)N2[C@@H](c3nccs3)[C@@H](C(C)OC)C[C@@]2(CC(C)C)C(=O)O)ccc1C(C)(C)C. The van der Waals surface area contributed by atoms with Gasteiger partial charge in [-0.05, 0) is 48.8 Å². The van der Waals surface area contributed by atoms with Gasteiger partial charge in [0.15, 0.2) is 0 Å². The van der Waals surface area contributed by atoms with E-state index in [1.807, 2.05) is 32.2 Å². The molecule has 0 spiro atoms. The van der Waals surface area contributed by atoms with Gasteiger partial charge in [0.05, 0.1) is 19.3 Å². The summed E-state index contributed by atoms with van der Waals surface area (Å²) in [5.41, 5.74) is -0.177. The minimum absolute atomic E-state index is 0.0627. The monoisotopic (exact) mass is 502 g/mol. The summed E-state index contributed by atoms with van der Waals surface area (Å²) in [5, 5.41) is 13.2. The van der Waals surface area contributed by atoms with Crippen LogP contribution in [-0.4, -0.2) is 52.7 Å². The number of likely N-dealkylation sites (tertiary alicyclic amines) is 1. The fraction of sp³-hybridized carbons (Fsp3) is 0.593. The van der Waals surface area contributed by atoms with Gasteiger partial charge in [0.25, 0.3) is 5.91 Å². The summed E-state index contributed by atoms with van der Waals surface area (Å²) >= 11 is 1.43. The number of carbonyl (C=O) groups is 2. The van der Waals surface area contributed by atoms with Crippen LogP contribution in [0.4, 0.5) is 0 Å². The molecule has 1 aliphatic heterocycles. The van der Waals surface area contributed by atoms with Gasteiger partial charge < -0.3 is 19.5 Å². The summed E-state index contributed by atoms with van der Waals surface area (Å²) in [7, 11) is 3.21. The number of thiazole rings is 1. The number of amides is 1. The number of ether oxygens (including phenoxy) is 2. The van der Waals surface area contributed by atoms with Gasteiger partial charge >= 0.3 is 5.97 Å². The van der Waals surface area contributed by atoms with Gasteiger partial charge in [0.1, 0.15) is 16.3 Å². The number of benzene rings is 1. The number of nitrogens with zero attached hydrogens (tertiary/aromatic N) is 2. The molecule has 1 aromatic heterocycles. The molecule has 1 fully saturated rings. The zero-order valence-electron chi connectivity index (χ0n) is 22.0. The maximum Gasteiger partial charge on any atom is 0.329 e. The van der Waals surface area contributed by atoms with Gasteiger partial charge in [-0.3, -0.25) is 4.79 Å². The second-order valence-corrected chi connectivity index (χ2v) is 11.8. The predicted molar refractivity (Wildman–Crippen MR) is 137 cm³/mol. The standard InChI is InChI=1S/C27H38N2O5S/c1-16(2)14-27(25(31)32)15-19(17(3)33-7)22(23-28-11-12-35-23)29(27)24(30)18-9-10-20(26(4,5)6)21(13-18)34-8/h9-13,16-17,19,22H,14-15H2,1-8H3,(H,31,32)/t17?,19-,22-,27+/m1/s1. The van der Waals surface area contributed by atoms with E-state index < -0.39 is 17.6 Å². The van der Waals surface area contributed by atoms with Crippen LogP contribution in [-0.2, 0) is 14.9 Å². The van der Waals surface area contributed by atoms with Gasteiger partial charge in [-0.25, -0.2) is 9.78 Å². The quantitative estimate of drug-likeness (QED) is 0.509. The summed E-state index contributed by atoms with van der Waals surface area (Å²) < 4.78 is 11.3. The molecule has 0 aliphatic carbocycles. The molecule has 0 radical (unpaired) electrons. The first kappa shape index (κ1) is 27.1. The van der Waals surface area contributed by atoms with E-state index in [1.165, 1.54) is 11.3 Å². The Labute approximate surface area is 212 Å². The molecule has 8 heteroatoms. The van der Waals surface area contributed by atoms with E-state index in [0.29, 0.717) is 24.2 Å². The Kier molecular flexibility index (Phi) is 7.96. The smallest absolute Gasteiger partial charge is 0.329 e. The van der Waals surface area contributed by atoms with Crippen LogP contribution in [0.3, 0.4) is 0 Å². The maximum absolute atomic E-state index is 14.3. The number of carboxylic acids is 1. The van der Waals surface area contributed by atoms with Crippen molar-refractivity contribution in [1.82, 2.24) is 9.88 Å². The van der Waals surface area contributed by atoms with E-state index in [9.17, 15) is 14.7 Å². The summed E-state index contributed by atoms with van der Waals surface area (Å²) in [5.74, 6) is -0.878. The van der Waals surface area contributed by atoms with E-state index >= 15 is 0 Å². The summed E-state index contributed by atoms with van der Waals surface area (Å²) in [6, 6.07) is 4.90. The Hall–Kier alpha value is -2.45. The highest BCUT2D eigenvalue weighted by Gasteiger charge is 2.60. The number of methoxy groups -OCH3 is 2. The number of aromatic nitrogens is 1. The highest BCUT2D eigenvalue weighted by molar-refractivity contribution is 7.09. The molecule has 1 unspecified atom stereocenters. The largest absolute Gasteiger partial charge is 0.496 e. The van der Waals surface area contributed by atoms with Crippen molar-refractivity contribution in [1.29, 1.82) is 0 Å². The van der Waals surface area contributed by atoms with Crippen molar-refractivity contribution in [2.45, 2.75) is 77.5 Å². The highest BCUT2D eigenvalue weighted by atomic mass is 32.1. The number of hydrogen-bond acceptors (Lipinski definition) is 6. The summed E-state index contributed by atoms with van der Waals surface area (Å²) in [6.07, 6.45) is 2.06. The minimum Gasteiger partial charge on any atom is -0.496 e. The van der Waals surface area contributed by atoms with Crippen LogP contribution < -0.4 is 4.74 Å². The zero-order chi connectivity index (χ0) is 26.1. The van der Waals surface area contributed by atoms with Crippen molar-refractivity contribution < 1.29 is 24.2 Å². The lowest BCUT2D eigenvalue weighted by Gasteiger charge is -2.39. The molecule has 1 saturated heterocycles. The zero-order valence-corrected chi connectivity index (χ0v) is 22.8. The molecular formula is C27H38N2O5S. The van der Waals surface area contributed by atoms with E-state index in [0.717, 1.165) is 10.6 Å². The van der Waals surface area contributed by atoms with Crippen LogP contribution >= 0.6 is 11.3 Å². The van der Waals surface area contributed by atoms with Crippen molar-refractivity contribution in [2.75, 3.05) is 14.2 Å². The molecule has 35 heavy (non-hydrogen) atoms. The third kappa shape index (κ3) is 5.09. The molecule has 2 aromatic rings. The third-order valence-electron chi connectivity index (χ3n) is 7.02. The molecule has 192 valence electrons. The average molecular weight is 503 g/mol. The van der Waals surface area contributed by atoms with Crippen LogP contribution in [0.15, 0.2) is 29.8 Å². The maximum atomic E-state index is 14.3. The topological polar surface area (TPSA) is 89.0 Å². The molecule has 1 N–H and O–H groups in total. The molecule has 1 aliphatic rings. The van der Waals surface area contributed by atoms with E-state index in [-0.39, 0.29) is 29.3 Å². The lowest BCUT2D eigenvalue weighted by atomic mass is 9.82. The van der Waals surface area contributed by atoms with E-state index in [2.05, 4.69) is 25.8 Å². The van der Waals surface area contributed by atoms with Crippen molar-refractivity contribution in [3.63, 3.8) is 0 Å². The van der Waals surface area contributed by atoms with Crippen LogP contribution in [0, 0.1) is 11.8 Å². The van der Waals surface area contributed by atoms with E-state index in [4.69, 9.17) is 9.47 Å². The Balaban J connectivity index is 2.23. The van der Waals surface area contributed by atoms with Gasteiger partial charge in [-0.15, -0.1) is 11.3 Å². The van der Waals surface area contributed by atoms with Gasteiger partial charge in [0.2, 0.25) is 0 Å². The molecular weight excluding hydrogens is 464 g/mol. The van der Waals surface area contributed by atoms with Gasteiger partial charge in [-0.1, -0.05) is 40.7 Å². The Morgan fingerprint density at radius 2 is 1.94 bits per heavy atom. The third-order valence-corrected chi connectivity index (χ3v) is 7.86. The fourth-order valence-corrected chi connectivity index (χ4v) is 6.17. The normalized spacial score (nSPS) is 23.5. The molecule has 1 amide bonds. The first-order valence-electron chi connectivity index (χ1n) is 12.0. The number of carboxylic acid groups (broad SMARTS) is 1. The molecule has 7 nitrogen and oxygen atoms in total. The number of carbonyl (C=O) groups excluding carboxylic acids is 1. The second kappa shape index (κ2) is 10.3. The number of rotatable bonds is 8. The molecule has 0 bridgehead atoms. The molecule has 2 heterocycles. The predicted octanol–water partition coefficient (Wildman–Crippen LogP) is 5.56. The first-order valence-corrected chi connectivity index (χ1v) is 12.9. The lowest BCUT2D eigenvalue weighted by molar-refractivity contribution is -0.150. The first-order chi connectivity index (χ1) is 16.4.